The minimum absolute atomic E-state index is 0.258. The molecular weight excluding hydrogens is 711 g/mol. The SMILES string of the molecule is C1=CCC(n2c3ccccc3c3cc(N(c4ccc(-c5cc6ccccc6c6oc(-c7ccccc7)nc56)cc4)c4ccc5oc6ccccc6c5c4)ccc32)C=C1. The minimum Gasteiger partial charge on any atom is -0.456 e. The molecule has 3 aromatic heterocycles. The summed E-state index contributed by atoms with van der Waals surface area (Å²) in [5.74, 6) is 0.617. The van der Waals surface area contributed by atoms with Crippen LogP contribution >= 0.6 is 0 Å². The Kier molecular flexibility index (Phi) is 7.29. The van der Waals surface area contributed by atoms with Gasteiger partial charge in [-0.05, 0) is 96.2 Å². The fourth-order valence-electron chi connectivity index (χ4n) is 9.00. The van der Waals surface area contributed by atoms with Crippen molar-refractivity contribution in [3.05, 3.63) is 194 Å². The molecule has 5 heteroatoms. The molecule has 0 fully saturated rings. The van der Waals surface area contributed by atoms with Crippen molar-refractivity contribution in [1.82, 2.24) is 9.55 Å². The van der Waals surface area contributed by atoms with Crippen molar-refractivity contribution in [2.75, 3.05) is 4.90 Å². The molecule has 0 aliphatic heterocycles. The number of hydrogen-bond donors (Lipinski definition) is 0. The van der Waals surface area contributed by atoms with Crippen LogP contribution in [-0.2, 0) is 0 Å². The summed E-state index contributed by atoms with van der Waals surface area (Å²) in [5.41, 5.74) is 12.1. The van der Waals surface area contributed by atoms with Gasteiger partial charge in [0, 0.05) is 66.2 Å². The highest BCUT2D eigenvalue weighted by molar-refractivity contribution is 6.12. The quantitative estimate of drug-likeness (QED) is 0.170. The number of benzene rings is 8. The molecule has 1 aliphatic rings. The van der Waals surface area contributed by atoms with Gasteiger partial charge in [-0.2, -0.15) is 0 Å². The van der Waals surface area contributed by atoms with Gasteiger partial charge < -0.3 is 18.3 Å². The smallest absolute Gasteiger partial charge is 0.227 e. The minimum atomic E-state index is 0.258. The van der Waals surface area contributed by atoms with Crippen molar-refractivity contribution in [1.29, 1.82) is 0 Å². The van der Waals surface area contributed by atoms with E-state index in [2.05, 4.69) is 161 Å². The summed E-state index contributed by atoms with van der Waals surface area (Å²) in [6, 6.07) is 60.4. The van der Waals surface area contributed by atoms with Gasteiger partial charge >= 0.3 is 0 Å². The number of allylic oxidation sites excluding steroid dienone is 4. The van der Waals surface area contributed by atoms with Crippen LogP contribution in [0.15, 0.2) is 203 Å². The van der Waals surface area contributed by atoms with Gasteiger partial charge in [-0.25, -0.2) is 4.98 Å². The highest BCUT2D eigenvalue weighted by atomic mass is 16.3. The summed E-state index contributed by atoms with van der Waals surface area (Å²) in [5, 5.41) is 6.82. The van der Waals surface area contributed by atoms with E-state index >= 15 is 0 Å². The summed E-state index contributed by atoms with van der Waals surface area (Å²) >= 11 is 0. The molecule has 0 amide bonds. The maximum atomic E-state index is 6.54. The molecule has 1 atom stereocenters. The van der Waals surface area contributed by atoms with Gasteiger partial charge in [0.25, 0.3) is 0 Å². The van der Waals surface area contributed by atoms with Gasteiger partial charge in [-0.15, -0.1) is 0 Å². The Morgan fingerprint density at radius 1 is 0.517 bits per heavy atom. The zero-order valence-corrected chi connectivity index (χ0v) is 31.4. The second-order valence-corrected chi connectivity index (χ2v) is 15.1. The first-order chi connectivity index (χ1) is 28.7. The predicted octanol–water partition coefficient (Wildman–Crippen LogP) is 14.8. The monoisotopic (exact) mass is 745 g/mol. The Bertz CT molecular complexity index is 3440. The Morgan fingerprint density at radius 2 is 1.21 bits per heavy atom. The zero-order valence-electron chi connectivity index (χ0n) is 31.4. The van der Waals surface area contributed by atoms with Gasteiger partial charge in [-0.3, -0.25) is 0 Å². The third-order valence-corrected chi connectivity index (χ3v) is 11.7. The fourth-order valence-corrected chi connectivity index (χ4v) is 9.00. The molecule has 0 N–H and O–H groups in total. The van der Waals surface area contributed by atoms with E-state index in [1.165, 1.54) is 21.8 Å². The highest BCUT2D eigenvalue weighted by Gasteiger charge is 2.22. The van der Waals surface area contributed by atoms with Crippen molar-refractivity contribution in [3.8, 4) is 22.6 Å². The van der Waals surface area contributed by atoms with Crippen LogP contribution in [0.5, 0.6) is 0 Å². The zero-order chi connectivity index (χ0) is 38.2. The lowest BCUT2D eigenvalue weighted by Crippen LogP contribution is -2.10. The van der Waals surface area contributed by atoms with Crippen LogP contribution in [-0.4, -0.2) is 9.55 Å². The molecule has 3 heterocycles. The number of fused-ring (bicyclic) bond motifs is 9. The van der Waals surface area contributed by atoms with E-state index in [9.17, 15) is 0 Å². The molecule has 274 valence electrons. The standard InChI is InChI=1S/C53H35N3O2/c1-3-13-35(14-4-1)53-54-51-44(31-36-15-7-8-18-41(36)52(51)58-53)34-23-25-38(26-24-34)55(40-28-30-50-46(33-40)43-20-10-12-22-49(43)57-50)39-27-29-48-45(32-39)42-19-9-11-21-47(42)56(48)37-16-5-2-6-17-37/h1-16,18-33,37H,17H2. The van der Waals surface area contributed by atoms with E-state index in [1.807, 2.05) is 42.5 Å². The third kappa shape index (κ3) is 5.14. The third-order valence-electron chi connectivity index (χ3n) is 11.7. The first kappa shape index (κ1) is 32.6. The molecule has 0 saturated carbocycles. The van der Waals surface area contributed by atoms with Crippen molar-refractivity contribution in [2.45, 2.75) is 12.5 Å². The van der Waals surface area contributed by atoms with Crippen LogP contribution < -0.4 is 4.90 Å². The molecule has 0 radical (unpaired) electrons. The molecule has 1 unspecified atom stereocenters. The molecule has 5 nitrogen and oxygen atoms in total. The Hall–Kier alpha value is -7.63. The number of rotatable bonds is 6. The number of oxazole rings is 1. The highest BCUT2D eigenvalue weighted by Crippen LogP contribution is 2.44. The Labute approximate surface area is 334 Å². The van der Waals surface area contributed by atoms with Crippen molar-refractivity contribution < 1.29 is 8.83 Å². The van der Waals surface area contributed by atoms with E-state index in [1.54, 1.807) is 0 Å². The van der Waals surface area contributed by atoms with Crippen LogP contribution in [0.4, 0.5) is 17.1 Å². The summed E-state index contributed by atoms with van der Waals surface area (Å²) in [4.78, 5) is 7.46. The summed E-state index contributed by atoms with van der Waals surface area (Å²) in [6.07, 6.45) is 9.84. The summed E-state index contributed by atoms with van der Waals surface area (Å²) < 4.78 is 15.3. The molecule has 0 saturated heterocycles. The second-order valence-electron chi connectivity index (χ2n) is 15.1. The van der Waals surface area contributed by atoms with Gasteiger partial charge in [0.05, 0.1) is 6.04 Å². The fraction of sp³-hybridized carbons (Fsp3) is 0.0377. The van der Waals surface area contributed by atoms with E-state index in [-0.39, 0.29) is 6.04 Å². The molecule has 11 aromatic rings. The molecule has 0 bridgehead atoms. The van der Waals surface area contributed by atoms with E-state index < -0.39 is 0 Å². The average Bonchev–Trinajstić information content (AvgIpc) is 4.00. The Morgan fingerprint density at radius 3 is 2.05 bits per heavy atom. The van der Waals surface area contributed by atoms with Crippen molar-refractivity contribution in [3.63, 3.8) is 0 Å². The predicted molar refractivity (Wildman–Crippen MR) is 239 cm³/mol. The van der Waals surface area contributed by atoms with Gasteiger partial charge in [-0.1, -0.05) is 115 Å². The number of aromatic nitrogens is 2. The number of nitrogens with zero attached hydrogens (tertiary/aromatic N) is 3. The van der Waals surface area contributed by atoms with Gasteiger partial charge in [0.2, 0.25) is 5.89 Å². The topological polar surface area (TPSA) is 47.3 Å². The maximum absolute atomic E-state index is 6.54. The van der Waals surface area contributed by atoms with E-state index in [4.69, 9.17) is 13.8 Å². The van der Waals surface area contributed by atoms with E-state index in [0.717, 1.165) is 84.0 Å². The van der Waals surface area contributed by atoms with Crippen LogP contribution in [0, 0.1) is 0 Å². The number of anilines is 3. The lowest BCUT2D eigenvalue weighted by molar-refractivity contribution is 0.623. The molecular formula is C53H35N3O2. The number of hydrogen-bond acceptors (Lipinski definition) is 4. The van der Waals surface area contributed by atoms with Crippen LogP contribution in [0.1, 0.15) is 12.5 Å². The second kappa shape index (κ2) is 13.0. The summed E-state index contributed by atoms with van der Waals surface area (Å²) in [7, 11) is 0. The molecule has 0 spiro atoms. The first-order valence-electron chi connectivity index (χ1n) is 19.8. The van der Waals surface area contributed by atoms with Crippen molar-refractivity contribution in [2.24, 2.45) is 0 Å². The maximum Gasteiger partial charge on any atom is 0.227 e. The summed E-state index contributed by atoms with van der Waals surface area (Å²) in [6.45, 7) is 0. The lowest BCUT2D eigenvalue weighted by Gasteiger charge is -2.26. The normalized spacial score (nSPS) is 14.2. The Balaban J connectivity index is 1.04. The molecule has 8 aromatic carbocycles. The van der Waals surface area contributed by atoms with E-state index in [0.29, 0.717) is 5.89 Å². The molecule has 58 heavy (non-hydrogen) atoms. The average molecular weight is 746 g/mol. The van der Waals surface area contributed by atoms with Crippen LogP contribution in [0.3, 0.4) is 0 Å². The van der Waals surface area contributed by atoms with Crippen LogP contribution in [0.2, 0.25) is 0 Å². The van der Waals surface area contributed by atoms with Crippen molar-refractivity contribution >= 4 is 82.7 Å². The number of para-hydroxylation sites is 2. The lowest BCUT2D eigenvalue weighted by atomic mass is 9.99. The van der Waals surface area contributed by atoms with Crippen LogP contribution in [0.25, 0.3) is 88.2 Å². The van der Waals surface area contributed by atoms with Gasteiger partial charge in [0.15, 0.2) is 5.58 Å². The largest absolute Gasteiger partial charge is 0.456 e. The first-order valence-corrected chi connectivity index (χ1v) is 19.8. The molecule has 12 rings (SSSR count). The molecule has 1 aliphatic carbocycles. The van der Waals surface area contributed by atoms with Gasteiger partial charge in [0.1, 0.15) is 16.7 Å². The number of furan rings is 1.